The van der Waals surface area contributed by atoms with E-state index in [9.17, 15) is 8.42 Å². The van der Waals surface area contributed by atoms with Crippen molar-refractivity contribution in [2.24, 2.45) is 11.1 Å². The Hall–Kier alpha value is -0.430. The monoisotopic (exact) mass is 361 g/mol. The Morgan fingerprint density at radius 1 is 1.35 bits per heavy atom. The number of sulfone groups is 1. The van der Waals surface area contributed by atoms with Crippen LogP contribution in [0.4, 0.5) is 0 Å². The van der Waals surface area contributed by atoms with E-state index < -0.39 is 20.5 Å². The van der Waals surface area contributed by atoms with E-state index in [-0.39, 0.29) is 5.92 Å². The molecule has 1 aliphatic carbocycles. The highest BCUT2D eigenvalue weighted by Crippen LogP contribution is 2.62. The largest absolute Gasteiger partial charge is 0.381 e. The van der Waals surface area contributed by atoms with Gasteiger partial charge in [-0.3, -0.25) is 0 Å². The molecule has 1 aliphatic rings. The maximum absolute atomic E-state index is 12.1. The fraction of sp³-hybridized carbons (Fsp3) is 0.571. The second-order valence-electron chi connectivity index (χ2n) is 5.35. The molecule has 0 spiro atoms. The summed E-state index contributed by atoms with van der Waals surface area (Å²) in [5.41, 5.74) is 6.42. The number of halogens is 1. The number of nitrogens with two attached hydrogens (primary N) is 1. The van der Waals surface area contributed by atoms with E-state index in [1.54, 1.807) is 0 Å². The summed E-state index contributed by atoms with van der Waals surface area (Å²) in [4.78, 5) is 0. The lowest BCUT2D eigenvalue weighted by atomic mass is 10.00. The van der Waals surface area contributed by atoms with E-state index in [0.29, 0.717) is 19.8 Å². The van der Waals surface area contributed by atoms with Gasteiger partial charge in [0.05, 0.1) is 11.9 Å². The van der Waals surface area contributed by atoms with Gasteiger partial charge in [0.15, 0.2) is 9.84 Å². The average molecular weight is 362 g/mol. The van der Waals surface area contributed by atoms with Crippen LogP contribution in [-0.2, 0) is 14.6 Å². The molecule has 2 N–H and O–H groups in total. The lowest BCUT2D eigenvalue weighted by Crippen LogP contribution is -2.28. The molecule has 3 atom stereocenters. The fourth-order valence-electron chi connectivity index (χ4n) is 3.07. The second-order valence-corrected chi connectivity index (χ2v) is 8.44. The van der Waals surface area contributed by atoms with Crippen LogP contribution in [0.1, 0.15) is 18.4 Å². The van der Waals surface area contributed by atoms with Crippen molar-refractivity contribution in [1.29, 1.82) is 0 Å². The van der Waals surface area contributed by atoms with Gasteiger partial charge in [-0.05, 0) is 24.6 Å². The third-order valence-electron chi connectivity index (χ3n) is 4.02. The third-order valence-corrected chi connectivity index (χ3v) is 6.22. The summed E-state index contributed by atoms with van der Waals surface area (Å²) in [7, 11) is -3.16. The quantitative estimate of drug-likeness (QED) is 0.840. The molecule has 0 radical (unpaired) electrons. The topological polar surface area (TPSA) is 69.4 Å². The zero-order valence-corrected chi connectivity index (χ0v) is 14.1. The molecule has 0 amide bonds. The first-order valence-electron chi connectivity index (χ1n) is 6.59. The Kier molecular flexibility index (Phi) is 4.59. The first-order chi connectivity index (χ1) is 9.36. The molecule has 0 saturated heterocycles. The standard InChI is InChI=1S/C14H20BrNO3S/c1-3-19-9-14(8-16)12(13(14)20(2,17)18)10-4-6-11(15)7-5-10/h4-7,12-13H,3,8-9,16H2,1-2H3/t12-,13-,14-/m0/s1. The highest BCUT2D eigenvalue weighted by molar-refractivity contribution is 9.10. The van der Waals surface area contributed by atoms with Crippen LogP contribution < -0.4 is 5.73 Å². The van der Waals surface area contributed by atoms with Crippen LogP contribution in [0.25, 0.3) is 0 Å². The molecule has 20 heavy (non-hydrogen) atoms. The minimum Gasteiger partial charge on any atom is -0.381 e. The molecule has 1 fully saturated rings. The van der Waals surface area contributed by atoms with Crippen LogP contribution >= 0.6 is 15.9 Å². The molecule has 112 valence electrons. The van der Waals surface area contributed by atoms with Crippen LogP contribution in [0, 0.1) is 5.41 Å². The van der Waals surface area contributed by atoms with Gasteiger partial charge in [0, 0.05) is 35.2 Å². The molecule has 0 bridgehead atoms. The number of hydrogen-bond acceptors (Lipinski definition) is 4. The summed E-state index contributed by atoms with van der Waals surface area (Å²) in [5, 5.41) is -0.451. The van der Waals surface area contributed by atoms with Crippen molar-refractivity contribution < 1.29 is 13.2 Å². The number of rotatable bonds is 6. The normalized spacial score (nSPS) is 29.4. The lowest BCUT2D eigenvalue weighted by Gasteiger charge is -2.15. The predicted molar refractivity (Wildman–Crippen MR) is 83.5 cm³/mol. The lowest BCUT2D eigenvalue weighted by molar-refractivity contribution is 0.101. The minimum atomic E-state index is -3.16. The molecule has 0 aliphatic heterocycles. The molecule has 1 aromatic rings. The number of hydrogen-bond donors (Lipinski definition) is 1. The summed E-state index contributed by atoms with van der Waals surface area (Å²) in [6.07, 6.45) is 1.28. The van der Waals surface area contributed by atoms with E-state index >= 15 is 0 Å². The van der Waals surface area contributed by atoms with Crippen molar-refractivity contribution in [3.8, 4) is 0 Å². The van der Waals surface area contributed by atoms with Crippen molar-refractivity contribution >= 4 is 25.8 Å². The minimum absolute atomic E-state index is 0.0813. The van der Waals surface area contributed by atoms with E-state index in [0.717, 1.165) is 10.0 Å². The number of ether oxygens (including phenoxy) is 1. The van der Waals surface area contributed by atoms with Crippen LogP contribution in [0.2, 0.25) is 0 Å². The molecule has 6 heteroatoms. The molecule has 1 saturated carbocycles. The van der Waals surface area contributed by atoms with Crippen LogP contribution in [0.3, 0.4) is 0 Å². The van der Waals surface area contributed by atoms with Crippen LogP contribution in [0.5, 0.6) is 0 Å². The smallest absolute Gasteiger partial charge is 0.151 e. The second kappa shape index (κ2) is 5.75. The Morgan fingerprint density at radius 3 is 2.40 bits per heavy atom. The Morgan fingerprint density at radius 2 is 1.95 bits per heavy atom. The Bertz CT molecular complexity index is 573. The average Bonchev–Trinajstić information content (AvgIpc) is 3.07. The van der Waals surface area contributed by atoms with Crippen LogP contribution in [-0.4, -0.2) is 39.7 Å². The molecule has 0 unspecified atom stereocenters. The molecular weight excluding hydrogens is 342 g/mol. The van der Waals surface area contributed by atoms with Crippen molar-refractivity contribution in [3.05, 3.63) is 34.3 Å². The van der Waals surface area contributed by atoms with Gasteiger partial charge in [0.25, 0.3) is 0 Å². The van der Waals surface area contributed by atoms with Crippen molar-refractivity contribution in [1.82, 2.24) is 0 Å². The maximum Gasteiger partial charge on any atom is 0.151 e. The van der Waals surface area contributed by atoms with Gasteiger partial charge in [-0.25, -0.2) is 8.42 Å². The van der Waals surface area contributed by atoms with E-state index in [4.69, 9.17) is 10.5 Å². The maximum atomic E-state index is 12.1. The molecule has 0 heterocycles. The summed E-state index contributed by atoms with van der Waals surface area (Å²) in [6, 6.07) is 7.76. The summed E-state index contributed by atoms with van der Waals surface area (Å²) < 4.78 is 30.6. The zero-order chi connectivity index (χ0) is 15.0. The number of benzene rings is 1. The van der Waals surface area contributed by atoms with Crippen molar-refractivity contribution in [2.45, 2.75) is 18.1 Å². The summed E-state index contributed by atoms with van der Waals surface area (Å²) >= 11 is 3.39. The van der Waals surface area contributed by atoms with Gasteiger partial charge in [-0.15, -0.1) is 0 Å². The first-order valence-corrected chi connectivity index (χ1v) is 9.33. The molecule has 0 aromatic heterocycles. The molecular formula is C14H20BrNO3S. The van der Waals surface area contributed by atoms with Gasteiger partial charge in [0.2, 0.25) is 0 Å². The molecule has 1 aromatic carbocycles. The SMILES string of the molecule is CCOC[C@@]1(CN)[C@@H](c2ccc(Br)cc2)[C@@H]1S(C)(=O)=O. The van der Waals surface area contributed by atoms with Crippen molar-refractivity contribution in [3.63, 3.8) is 0 Å². The van der Waals surface area contributed by atoms with E-state index in [1.807, 2.05) is 31.2 Å². The highest BCUT2D eigenvalue weighted by Gasteiger charge is 2.69. The van der Waals surface area contributed by atoms with Gasteiger partial charge in [-0.2, -0.15) is 0 Å². The highest BCUT2D eigenvalue weighted by atomic mass is 79.9. The third kappa shape index (κ3) is 2.79. The summed E-state index contributed by atoms with van der Waals surface area (Å²) in [5.74, 6) is -0.0813. The van der Waals surface area contributed by atoms with E-state index in [2.05, 4.69) is 15.9 Å². The Labute approximate surface area is 128 Å². The van der Waals surface area contributed by atoms with Gasteiger partial charge in [0.1, 0.15) is 0 Å². The van der Waals surface area contributed by atoms with Crippen LogP contribution in [0.15, 0.2) is 28.7 Å². The fourth-order valence-corrected chi connectivity index (χ4v) is 5.34. The van der Waals surface area contributed by atoms with Gasteiger partial charge in [-0.1, -0.05) is 28.1 Å². The zero-order valence-electron chi connectivity index (χ0n) is 11.7. The predicted octanol–water partition coefficient (Wildman–Crippen LogP) is 1.94. The molecule has 4 nitrogen and oxygen atoms in total. The molecule has 2 rings (SSSR count). The van der Waals surface area contributed by atoms with E-state index in [1.165, 1.54) is 6.26 Å². The summed E-state index contributed by atoms with van der Waals surface area (Å²) in [6.45, 7) is 3.16. The Balaban J connectivity index is 2.36. The van der Waals surface area contributed by atoms with Crippen molar-refractivity contribution in [2.75, 3.05) is 26.0 Å². The first kappa shape index (κ1) is 15.9. The van der Waals surface area contributed by atoms with Gasteiger partial charge >= 0.3 is 0 Å². The van der Waals surface area contributed by atoms with Gasteiger partial charge < -0.3 is 10.5 Å².